The summed E-state index contributed by atoms with van der Waals surface area (Å²) in [6.07, 6.45) is 6.75. The molecule has 0 spiro atoms. The zero-order chi connectivity index (χ0) is 10.5. The van der Waals surface area contributed by atoms with Crippen LogP contribution >= 0.6 is 0 Å². The van der Waals surface area contributed by atoms with E-state index in [4.69, 9.17) is 0 Å². The van der Waals surface area contributed by atoms with Crippen molar-refractivity contribution in [2.45, 2.75) is 32.1 Å². The molecule has 0 unspecified atom stereocenters. The minimum atomic E-state index is 0.653. The van der Waals surface area contributed by atoms with Gasteiger partial charge in [0.2, 0.25) is 0 Å². The number of hydrogen-bond donors (Lipinski definition) is 0. The fraction of sp³-hybridized carbons (Fsp3) is 0.429. The lowest BCUT2D eigenvalue weighted by atomic mass is 9.89. The van der Waals surface area contributed by atoms with E-state index in [0.29, 0.717) is 5.92 Å². The summed E-state index contributed by atoms with van der Waals surface area (Å²) in [6.45, 7) is 0. The third-order valence-corrected chi connectivity index (χ3v) is 3.08. The molecule has 0 heterocycles. The number of hydrogen-bond acceptors (Lipinski definition) is 0. The van der Waals surface area contributed by atoms with Gasteiger partial charge in [0, 0.05) is 11.5 Å². The Hall–Kier alpha value is -1.16. The first-order valence-corrected chi connectivity index (χ1v) is 5.93. The van der Waals surface area contributed by atoms with Gasteiger partial charge in [0.25, 0.3) is 0 Å². The van der Waals surface area contributed by atoms with Crippen molar-refractivity contribution >= 4 is 13.3 Å². The molecular weight excluding hydrogens is 179 g/mol. The zero-order valence-corrected chi connectivity index (χ0v) is 9.42. The van der Waals surface area contributed by atoms with Crippen molar-refractivity contribution < 1.29 is 0 Å². The van der Waals surface area contributed by atoms with E-state index in [-0.39, 0.29) is 0 Å². The van der Waals surface area contributed by atoms with Gasteiger partial charge < -0.3 is 0 Å². The third kappa shape index (κ3) is 3.17. The molecule has 2 rings (SSSR count). The van der Waals surface area contributed by atoms with E-state index < -0.39 is 0 Å². The third-order valence-electron chi connectivity index (χ3n) is 3.08. The maximum atomic E-state index is 3.41. The van der Waals surface area contributed by atoms with Crippen molar-refractivity contribution in [1.29, 1.82) is 0 Å². The van der Waals surface area contributed by atoms with E-state index in [2.05, 4.69) is 44.0 Å². The molecule has 0 N–H and O–H groups in total. The Morgan fingerprint density at radius 2 is 1.67 bits per heavy atom. The summed E-state index contributed by atoms with van der Waals surface area (Å²) in [5, 5.41) is 0. The van der Waals surface area contributed by atoms with Gasteiger partial charge in [-0.1, -0.05) is 48.7 Å². The summed E-state index contributed by atoms with van der Waals surface area (Å²) in [5.74, 6) is 7.35. The standard InChI is InChI=1S/C14H17B/c15-14-10-8-13(9-11-14)7-6-12-4-2-1-3-5-12/h8-12H,1-5,15H2. The number of benzene rings is 1. The second-order valence-corrected chi connectivity index (χ2v) is 4.47. The highest BCUT2D eigenvalue weighted by atomic mass is 14.1. The average molecular weight is 196 g/mol. The van der Waals surface area contributed by atoms with E-state index in [1.54, 1.807) is 0 Å². The van der Waals surface area contributed by atoms with Crippen LogP contribution in [0.3, 0.4) is 0 Å². The first-order valence-electron chi connectivity index (χ1n) is 5.93. The molecule has 1 aromatic carbocycles. The molecule has 76 valence electrons. The Bertz CT molecular complexity index is 361. The van der Waals surface area contributed by atoms with E-state index in [1.165, 1.54) is 37.6 Å². The molecule has 0 atom stereocenters. The highest BCUT2D eigenvalue weighted by Gasteiger charge is 2.09. The lowest BCUT2D eigenvalue weighted by molar-refractivity contribution is 0.430. The molecule has 0 aliphatic heterocycles. The summed E-state index contributed by atoms with van der Waals surface area (Å²) >= 11 is 0. The highest BCUT2D eigenvalue weighted by molar-refractivity contribution is 6.32. The molecular formula is C14H17B. The highest BCUT2D eigenvalue weighted by Crippen LogP contribution is 2.22. The Morgan fingerprint density at radius 1 is 1.00 bits per heavy atom. The smallest absolute Gasteiger partial charge is 0.0945 e. The molecule has 15 heavy (non-hydrogen) atoms. The van der Waals surface area contributed by atoms with E-state index in [1.807, 2.05) is 0 Å². The lowest BCUT2D eigenvalue weighted by Gasteiger charge is -2.15. The first-order chi connectivity index (χ1) is 7.34. The first kappa shape index (κ1) is 10.4. The molecule has 1 fully saturated rings. The van der Waals surface area contributed by atoms with Crippen LogP contribution in [-0.4, -0.2) is 7.85 Å². The van der Waals surface area contributed by atoms with E-state index >= 15 is 0 Å². The second-order valence-electron chi connectivity index (χ2n) is 4.47. The topological polar surface area (TPSA) is 0 Å². The van der Waals surface area contributed by atoms with Crippen molar-refractivity contribution in [3.63, 3.8) is 0 Å². The van der Waals surface area contributed by atoms with Crippen LogP contribution in [0.1, 0.15) is 37.7 Å². The lowest BCUT2D eigenvalue weighted by Crippen LogP contribution is -2.03. The van der Waals surface area contributed by atoms with Crippen LogP contribution in [0.5, 0.6) is 0 Å². The normalized spacial score (nSPS) is 16.8. The quantitative estimate of drug-likeness (QED) is 0.439. The van der Waals surface area contributed by atoms with Crippen molar-refractivity contribution in [2.75, 3.05) is 0 Å². The van der Waals surface area contributed by atoms with Gasteiger partial charge in [0.15, 0.2) is 0 Å². The largest absolute Gasteiger partial charge is 0.139 e. The molecule has 1 aliphatic rings. The summed E-state index contributed by atoms with van der Waals surface area (Å²) in [5.41, 5.74) is 2.46. The Balaban J connectivity index is 2.00. The molecule has 1 saturated carbocycles. The Kier molecular flexibility index (Phi) is 3.51. The summed E-state index contributed by atoms with van der Waals surface area (Å²) in [4.78, 5) is 0. The van der Waals surface area contributed by atoms with E-state index in [9.17, 15) is 0 Å². The van der Waals surface area contributed by atoms with Crippen molar-refractivity contribution in [3.8, 4) is 11.8 Å². The fourth-order valence-corrected chi connectivity index (χ4v) is 2.07. The molecule has 0 amide bonds. The monoisotopic (exact) mass is 196 g/mol. The van der Waals surface area contributed by atoms with Crippen molar-refractivity contribution in [2.24, 2.45) is 5.92 Å². The maximum absolute atomic E-state index is 3.41. The summed E-state index contributed by atoms with van der Waals surface area (Å²) in [6, 6.07) is 8.49. The second kappa shape index (κ2) is 5.07. The minimum absolute atomic E-state index is 0.653. The predicted octanol–water partition coefficient (Wildman–Crippen LogP) is 1.88. The molecule has 0 nitrogen and oxygen atoms in total. The van der Waals surface area contributed by atoms with Crippen LogP contribution in [0.2, 0.25) is 0 Å². The Morgan fingerprint density at radius 3 is 2.33 bits per heavy atom. The summed E-state index contributed by atoms with van der Waals surface area (Å²) < 4.78 is 0. The predicted molar refractivity (Wildman–Crippen MR) is 68.1 cm³/mol. The fourth-order valence-electron chi connectivity index (χ4n) is 2.07. The van der Waals surface area contributed by atoms with Gasteiger partial charge >= 0.3 is 0 Å². The van der Waals surface area contributed by atoms with Crippen LogP contribution in [0.15, 0.2) is 24.3 Å². The van der Waals surface area contributed by atoms with Crippen molar-refractivity contribution in [1.82, 2.24) is 0 Å². The van der Waals surface area contributed by atoms with Crippen molar-refractivity contribution in [3.05, 3.63) is 29.8 Å². The van der Waals surface area contributed by atoms with Gasteiger partial charge in [0.1, 0.15) is 7.85 Å². The van der Waals surface area contributed by atoms with Crippen LogP contribution < -0.4 is 5.46 Å². The number of rotatable bonds is 0. The van der Waals surface area contributed by atoms with E-state index in [0.717, 1.165) is 5.56 Å². The summed E-state index contributed by atoms with van der Waals surface area (Å²) in [7, 11) is 2.11. The van der Waals surface area contributed by atoms with Crippen LogP contribution in [0.4, 0.5) is 0 Å². The SMILES string of the molecule is Bc1ccc(C#CC2CCCCC2)cc1. The Labute approximate surface area is 93.5 Å². The molecule has 0 saturated heterocycles. The average Bonchev–Trinajstić information content (AvgIpc) is 2.30. The van der Waals surface area contributed by atoms with Gasteiger partial charge in [0.05, 0.1) is 0 Å². The molecule has 0 bridgehead atoms. The molecule has 0 aromatic heterocycles. The molecule has 1 aromatic rings. The minimum Gasteiger partial charge on any atom is -0.0945 e. The molecule has 0 radical (unpaired) electrons. The maximum Gasteiger partial charge on any atom is 0.139 e. The van der Waals surface area contributed by atoms with Crippen LogP contribution in [-0.2, 0) is 0 Å². The van der Waals surface area contributed by atoms with Gasteiger partial charge in [-0.3, -0.25) is 0 Å². The van der Waals surface area contributed by atoms with Crippen LogP contribution in [0.25, 0.3) is 0 Å². The van der Waals surface area contributed by atoms with Gasteiger partial charge in [-0.05, 0) is 25.0 Å². The van der Waals surface area contributed by atoms with Gasteiger partial charge in [-0.15, -0.1) is 0 Å². The van der Waals surface area contributed by atoms with Gasteiger partial charge in [-0.25, -0.2) is 0 Å². The zero-order valence-electron chi connectivity index (χ0n) is 9.42. The van der Waals surface area contributed by atoms with Crippen LogP contribution in [0, 0.1) is 17.8 Å². The molecule has 1 heteroatoms. The molecule has 1 aliphatic carbocycles. The van der Waals surface area contributed by atoms with Gasteiger partial charge in [-0.2, -0.15) is 0 Å².